The molecule has 5 nitrogen and oxygen atoms in total. The number of sulfonamides is 1. The van der Waals surface area contributed by atoms with Crippen LogP contribution in [0.15, 0.2) is 11.1 Å². The summed E-state index contributed by atoms with van der Waals surface area (Å²) in [5.74, 6) is 0.270. The molecule has 0 aromatic carbocycles. The van der Waals surface area contributed by atoms with Crippen molar-refractivity contribution in [3.8, 4) is 0 Å². The lowest BCUT2D eigenvalue weighted by atomic mass is 10.0. The Morgan fingerprint density at radius 3 is 2.50 bits per heavy atom. The van der Waals surface area contributed by atoms with Crippen LogP contribution in [0.4, 0.5) is 0 Å². The molecule has 1 aromatic heterocycles. The van der Waals surface area contributed by atoms with Gasteiger partial charge in [-0.05, 0) is 19.3 Å². The molecule has 0 aliphatic rings. The fraction of sp³-hybridized carbons (Fsp3) is 0.700. The van der Waals surface area contributed by atoms with E-state index < -0.39 is 10.0 Å². The van der Waals surface area contributed by atoms with Gasteiger partial charge in [-0.2, -0.15) is 5.10 Å². The minimum Gasteiger partial charge on any atom is -0.281 e. The molecule has 0 aliphatic carbocycles. The van der Waals surface area contributed by atoms with Gasteiger partial charge in [0.05, 0.1) is 11.9 Å². The predicted octanol–water partition coefficient (Wildman–Crippen LogP) is 1.43. The summed E-state index contributed by atoms with van der Waals surface area (Å²) >= 11 is 0. The van der Waals surface area contributed by atoms with Crippen molar-refractivity contribution in [2.24, 2.45) is 5.92 Å². The standard InChI is InChI=1S/C10H19N3O2S/c1-5-9(7(2)3)13-16(14,15)10-6-11-12-8(10)4/h6-7,9,13H,5H2,1-4H3,(H,11,12). The van der Waals surface area contributed by atoms with Gasteiger partial charge in [0.25, 0.3) is 0 Å². The average Bonchev–Trinajstić information content (AvgIpc) is 2.61. The first-order chi connectivity index (χ1) is 7.38. The van der Waals surface area contributed by atoms with E-state index in [0.29, 0.717) is 5.69 Å². The summed E-state index contributed by atoms with van der Waals surface area (Å²) in [6.45, 7) is 7.66. The molecule has 1 unspecified atom stereocenters. The monoisotopic (exact) mass is 245 g/mol. The molecule has 0 bridgehead atoms. The molecule has 0 spiro atoms. The number of aromatic amines is 1. The zero-order chi connectivity index (χ0) is 12.3. The Bertz CT molecular complexity index is 437. The van der Waals surface area contributed by atoms with E-state index in [1.165, 1.54) is 6.20 Å². The van der Waals surface area contributed by atoms with Crippen molar-refractivity contribution in [2.75, 3.05) is 0 Å². The predicted molar refractivity (Wildman–Crippen MR) is 62.6 cm³/mol. The highest BCUT2D eigenvalue weighted by atomic mass is 32.2. The maximum atomic E-state index is 12.0. The Morgan fingerprint density at radius 2 is 2.12 bits per heavy atom. The van der Waals surface area contributed by atoms with Crippen LogP contribution in [-0.2, 0) is 10.0 Å². The highest BCUT2D eigenvalue weighted by Crippen LogP contribution is 2.14. The van der Waals surface area contributed by atoms with Gasteiger partial charge in [-0.1, -0.05) is 20.8 Å². The summed E-state index contributed by atoms with van der Waals surface area (Å²) in [7, 11) is -3.45. The second-order valence-electron chi connectivity index (χ2n) is 4.24. The Morgan fingerprint density at radius 1 is 1.50 bits per heavy atom. The number of nitrogens with zero attached hydrogens (tertiary/aromatic N) is 1. The molecule has 0 saturated heterocycles. The van der Waals surface area contributed by atoms with E-state index in [0.717, 1.165) is 6.42 Å². The van der Waals surface area contributed by atoms with Crippen LogP contribution in [0, 0.1) is 12.8 Å². The van der Waals surface area contributed by atoms with Crippen LogP contribution in [0.5, 0.6) is 0 Å². The lowest BCUT2D eigenvalue weighted by molar-refractivity contribution is 0.437. The van der Waals surface area contributed by atoms with Crippen LogP contribution in [-0.4, -0.2) is 24.7 Å². The van der Waals surface area contributed by atoms with E-state index in [-0.39, 0.29) is 16.9 Å². The molecule has 2 N–H and O–H groups in total. The zero-order valence-electron chi connectivity index (χ0n) is 10.1. The van der Waals surface area contributed by atoms with E-state index in [9.17, 15) is 8.42 Å². The van der Waals surface area contributed by atoms with Crippen LogP contribution < -0.4 is 4.72 Å². The highest BCUT2D eigenvalue weighted by molar-refractivity contribution is 7.89. The first-order valence-electron chi connectivity index (χ1n) is 5.40. The first-order valence-corrected chi connectivity index (χ1v) is 6.89. The molecule has 92 valence electrons. The van der Waals surface area contributed by atoms with Crippen LogP contribution >= 0.6 is 0 Å². The van der Waals surface area contributed by atoms with Crippen LogP contribution in [0.25, 0.3) is 0 Å². The van der Waals surface area contributed by atoms with Crippen LogP contribution in [0.2, 0.25) is 0 Å². The van der Waals surface area contributed by atoms with Gasteiger partial charge in [0.1, 0.15) is 4.90 Å². The van der Waals surface area contributed by atoms with Crippen molar-refractivity contribution in [1.82, 2.24) is 14.9 Å². The highest BCUT2D eigenvalue weighted by Gasteiger charge is 2.23. The maximum Gasteiger partial charge on any atom is 0.244 e. The lowest BCUT2D eigenvalue weighted by Crippen LogP contribution is -2.38. The average molecular weight is 245 g/mol. The van der Waals surface area contributed by atoms with Gasteiger partial charge in [-0.3, -0.25) is 5.10 Å². The summed E-state index contributed by atoms with van der Waals surface area (Å²) in [5, 5.41) is 6.35. The SMILES string of the molecule is CCC(NS(=O)(=O)c1cn[nH]c1C)C(C)C. The van der Waals surface area contributed by atoms with Crippen molar-refractivity contribution in [3.63, 3.8) is 0 Å². The number of nitrogens with one attached hydrogen (secondary N) is 2. The van der Waals surface area contributed by atoms with Gasteiger partial charge in [-0.15, -0.1) is 0 Å². The normalized spacial score (nSPS) is 14.3. The second-order valence-corrected chi connectivity index (χ2v) is 5.92. The number of aryl methyl sites for hydroxylation is 1. The zero-order valence-corrected chi connectivity index (χ0v) is 10.9. The number of hydrogen-bond acceptors (Lipinski definition) is 3. The van der Waals surface area contributed by atoms with Crippen molar-refractivity contribution in [3.05, 3.63) is 11.9 Å². The number of hydrogen-bond donors (Lipinski definition) is 2. The topological polar surface area (TPSA) is 74.8 Å². The molecule has 16 heavy (non-hydrogen) atoms. The third kappa shape index (κ3) is 2.82. The van der Waals surface area contributed by atoms with Gasteiger partial charge in [0.2, 0.25) is 10.0 Å². The lowest BCUT2D eigenvalue weighted by Gasteiger charge is -2.20. The molecule has 0 saturated carbocycles. The molecule has 0 amide bonds. The summed E-state index contributed by atoms with van der Waals surface area (Å²) in [5.41, 5.74) is 0.561. The Hall–Kier alpha value is -0.880. The van der Waals surface area contributed by atoms with Crippen molar-refractivity contribution in [2.45, 2.75) is 45.1 Å². The summed E-state index contributed by atoms with van der Waals surface area (Å²) in [4.78, 5) is 0.228. The number of H-pyrrole nitrogens is 1. The maximum absolute atomic E-state index is 12.0. The molecule has 0 radical (unpaired) electrons. The molecule has 1 aromatic rings. The van der Waals surface area contributed by atoms with E-state index in [2.05, 4.69) is 14.9 Å². The number of aromatic nitrogens is 2. The third-order valence-corrected chi connectivity index (χ3v) is 4.23. The summed E-state index contributed by atoms with van der Waals surface area (Å²) < 4.78 is 26.7. The Labute approximate surface area is 96.7 Å². The molecule has 0 aliphatic heterocycles. The van der Waals surface area contributed by atoms with Gasteiger partial charge in [0, 0.05) is 6.04 Å². The van der Waals surface area contributed by atoms with Crippen molar-refractivity contribution >= 4 is 10.0 Å². The Kier molecular flexibility index (Phi) is 4.09. The molecular formula is C10H19N3O2S. The minimum absolute atomic E-state index is 0.0423. The van der Waals surface area contributed by atoms with Crippen LogP contribution in [0.3, 0.4) is 0 Å². The fourth-order valence-corrected chi connectivity index (χ4v) is 3.17. The second kappa shape index (κ2) is 4.97. The van der Waals surface area contributed by atoms with Gasteiger partial charge >= 0.3 is 0 Å². The van der Waals surface area contributed by atoms with E-state index >= 15 is 0 Å². The molecular weight excluding hydrogens is 226 g/mol. The minimum atomic E-state index is -3.45. The molecule has 6 heteroatoms. The van der Waals surface area contributed by atoms with Crippen molar-refractivity contribution in [1.29, 1.82) is 0 Å². The Balaban J connectivity index is 2.92. The molecule has 1 rings (SSSR count). The fourth-order valence-electron chi connectivity index (χ4n) is 1.56. The first kappa shape index (κ1) is 13.2. The van der Waals surface area contributed by atoms with Crippen LogP contribution in [0.1, 0.15) is 32.9 Å². The molecule has 1 atom stereocenters. The quantitative estimate of drug-likeness (QED) is 0.824. The smallest absolute Gasteiger partial charge is 0.244 e. The summed E-state index contributed by atoms with van der Waals surface area (Å²) in [6.07, 6.45) is 2.11. The van der Waals surface area contributed by atoms with Crippen molar-refractivity contribution < 1.29 is 8.42 Å². The molecule has 1 heterocycles. The van der Waals surface area contributed by atoms with E-state index in [1.54, 1.807) is 6.92 Å². The summed E-state index contributed by atoms with van der Waals surface area (Å²) in [6, 6.07) is -0.0423. The molecule has 0 fully saturated rings. The van der Waals surface area contributed by atoms with Gasteiger partial charge in [0.15, 0.2) is 0 Å². The third-order valence-electron chi connectivity index (χ3n) is 2.62. The number of rotatable bonds is 5. The van der Waals surface area contributed by atoms with E-state index in [4.69, 9.17) is 0 Å². The van der Waals surface area contributed by atoms with E-state index in [1.807, 2.05) is 20.8 Å². The largest absolute Gasteiger partial charge is 0.281 e. The van der Waals surface area contributed by atoms with Gasteiger partial charge in [-0.25, -0.2) is 13.1 Å². The van der Waals surface area contributed by atoms with Gasteiger partial charge < -0.3 is 0 Å².